The molecule has 1 amide bonds. The molecule has 1 aliphatic rings. The number of nitrogens with one attached hydrogen (secondary N) is 2. The number of para-hydroxylation sites is 1. The third kappa shape index (κ3) is 5.95. The van der Waals surface area contributed by atoms with Crippen LogP contribution in [-0.2, 0) is 4.79 Å². The predicted molar refractivity (Wildman–Crippen MR) is 123 cm³/mol. The van der Waals surface area contributed by atoms with Crippen molar-refractivity contribution in [2.24, 2.45) is 10.9 Å². The highest BCUT2D eigenvalue weighted by atomic mass is 127. The Labute approximate surface area is 183 Å². The summed E-state index contributed by atoms with van der Waals surface area (Å²) in [5, 5.41) is 6.20. The van der Waals surface area contributed by atoms with Gasteiger partial charge in [-0.3, -0.25) is 4.79 Å². The number of imidazole rings is 1. The standard InChI is InChI=1S/C20H28N6O.HI/c1-3-22-20(23-13-19(27)24-17-7-5-4-6-8-17)25-11-9-16(2)18(14-25)26-12-10-21-15-26;/h4-8,10,12,15-16,18H,3,9,11,13-14H2,1-2H3,(H,22,23)(H,24,27);1H. The average molecular weight is 496 g/mol. The number of carbonyl (C=O) groups is 1. The molecule has 2 atom stereocenters. The van der Waals surface area contributed by atoms with Crippen molar-refractivity contribution in [3.05, 3.63) is 49.1 Å². The van der Waals surface area contributed by atoms with Crippen LogP contribution in [0, 0.1) is 5.92 Å². The van der Waals surface area contributed by atoms with Crippen LogP contribution in [0.15, 0.2) is 54.0 Å². The molecule has 1 aliphatic heterocycles. The lowest BCUT2D eigenvalue weighted by atomic mass is 9.93. The zero-order valence-electron chi connectivity index (χ0n) is 16.4. The number of halogens is 1. The van der Waals surface area contributed by atoms with Gasteiger partial charge < -0.3 is 20.1 Å². The highest BCUT2D eigenvalue weighted by Gasteiger charge is 2.28. The van der Waals surface area contributed by atoms with E-state index in [4.69, 9.17) is 0 Å². The third-order valence-corrected chi connectivity index (χ3v) is 4.89. The molecule has 7 nitrogen and oxygen atoms in total. The van der Waals surface area contributed by atoms with E-state index in [1.54, 1.807) is 0 Å². The number of hydrogen-bond acceptors (Lipinski definition) is 3. The number of aliphatic imine (C=N–C) groups is 1. The molecule has 1 aromatic carbocycles. The molecule has 2 aromatic rings. The summed E-state index contributed by atoms with van der Waals surface area (Å²) in [5.41, 5.74) is 0.787. The molecule has 0 aliphatic carbocycles. The first-order valence-corrected chi connectivity index (χ1v) is 9.53. The van der Waals surface area contributed by atoms with Crippen molar-refractivity contribution in [2.75, 3.05) is 31.5 Å². The van der Waals surface area contributed by atoms with E-state index < -0.39 is 0 Å². The summed E-state index contributed by atoms with van der Waals surface area (Å²) in [4.78, 5) is 23.2. The van der Waals surface area contributed by atoms with Gasteiger partial charge in [-0.05, 0) is 31.4 Å². The van der Waals surface area contributed by atoms with Crippen molar-refractivity contribution in [1.29, 1.82) is 0 Å². The summed E-state index contributed by atoms with van der Waals surface area (Å²) in [6, 6.07) is 9.81. The zero-order chi connectivity index (χ0) is 19.1. The van der Waals surface area contributed by atoms with Crippen LogP contribution in [0.3, 0.4) is 0 Å². The van der Waals surface area contributed by atoms with Gasteiger partial charge in [0.1, 0.15) is 6.54 Å². The zero-order valence-corrected chi connectivity index (χ0v) is 18.7. The van der Waals surface area contributed by atoms with Gasteiger partial charge in [0, 0.05) is 37.7 Å². The van der Waals surface area contributed by atoms with Gasteiger partial charge in [-0.2, -0.15) is 0 Å². The summed E-state index contributed by atoms with van der Waals surface area (Å²) in [7, 11) is 0. The molecule has 0 spiro atoms. The Morgan fingerprint density at radius 1 is 1.32 bits per heavy atom. The van der Waals surface area contributed by atoms with Crippen LogP contribution in [0.1, 0.15) is 26.3 Å². The van der Waals surface area contributed by atoms with Crippen LogP contribution in [0.4, 0.5) is 5.69 Å². The Bertz CT molecular complexity index is 749. The Morgan fingerprint density at radius 3 is 2.79 bits per heavy atom. The van der Waals surface area contributed by atoms with Crippen molar-refractivity contribution in [3.8, 4) is 0 Å². The summed E-state index contributed by atoms with van der Waals surface area (Å²) in [6.45, 7) is 6.96. The first-order valence-electron chi connectivity index (χ1n) is 9.53. The number of guanidine groups is 1. The molecule has 3 rings (SSSR count). The van der Waals surface area contributed by atoms with Gasteiger partial charge in [-0.15, -0.1) is 24.0 Å². The van der Waals surface area contributed by atoms with E-state index in [2.05, 4.69) is 37.0 Å². The fourth-order valence-electron chi connectivity index (χ4n) is 3.39. The maximum absolute atomic E-state index is 12.2. The van der Waals surface area contributed by atoms with Crippen LogP contribution in [0.25, 0.3) is 0 Å². The highest BCUT2D eigenvalue weighted by Crippen LogP contribution is 2.27. The van der Waals surface area contributed by atoms with Crippen molar-refractivity contribution in [1.82, 2.24) is 19.8 Å². The van der Waals surface area contributed by atoms with E-state index in [9.17, 15) is 4.79 Å². The van der Waals surface area contributed by atoms with Crippen LogP contribution >= 0.6 is 24.0 Å². The van der Waals surface area contributed by atoms with Gasteiger partial charge in [-0.1, -0.05) is 25.1 Å². The number of aromatic nitrogens is 2. The molecule has 1 fully saturated rings. The van der Waals surface area contributed by atoms with Crippen molar-refractivity contribution in [3.63, 3.8) is 0 Å². The lowest BCUT2D eigenvalue weighted by Crippen LogP contribution is -2.49. The second kappa shape index (κ2) is 11.0. The smallest absolute Gasteiger partial charge is 0.246 e. The molecule has 0 saturated carbocycles. The SMILES string of the molecule is CCNC(=NCC(=O)Nc1ccccc1)N1CCC(C)C(n2ccnc2)C1.I. The van der Waals surface area contributed by atoms with Gasteiger partial charge in [0.2, 0.25) is 5.91 Å². The van der Waals surface area contributed by atoms with E-state index in [1.165, 1.54) is 0 Å². The molecule has 0 radical (unpaired) electrons. The third-order valence-electron chi connectivity index (χ3n) is 4.89. The Balaban J connectivity index is 0.00000280. The number of piperidine rings is 1. The molecule has 152 valence electrons. The monoisotopic (exact) mass is 496 g/mol. The number of benzene rings is 1. The number of rotatable bonds is 5. The molecule has 2 unspecified atom stereocenters. The predicted octanol–water partition coefficient (Wildman–Crippen LogP) is 2.99. The molecule has 28 heavy (non-hydrogen) atoms. The Kier molecular flexibility index (Phi) is 8.75. The van der Waals surface area contributed by atoms with Gasteiger partial charge in [0.25, 0.3) is 0 Å². The van der Waals surface area contributed by atoms with Gasteiger partial charge in [0.05, 0.1) is 12.4 Å². The van der Waals surface area contributed by atoms with Gasteiger partial charge >= 0.3 is 0 Å². The highest BCUT2D eigenvalue weighted by molar-refractivity contribution is 14.0. The number of carbonyl (C=O) groups excluding carboxylic acids is 1. The number of anilines is 1. The van der Waals surface area contributed by atoms with Crippen LogP contribution in [-0.4, -0.2) is 52.5 Å². The van der Waals surface area contributed by atoms with Crippen molar-refractivity contribution < 1.29 is 4.79 Å². The Hall–Kier alpha value is -2.10. The van der Waals surface area contributed by atoms with E-state index in [1.807, 2.05) is 56.0 Å². The largest absolute Gasteiger partial charge is 0.357 e. The van der Waals surface area contributed by atoms with Crippen molar-refractivity contribution >= 4 is 41.5 Å². The fourth-order valence-corrected chi connectivity index (χ4v) is 3.39. The van der Waals surface area contributed by atoms with Gasteiger partial charge in [0.15, 0.2) is 5.96 Å². The molecule has 1 saturated heterocycles. The van der Waals surface area contributed by atoms with Crippen LogP contribution < -0.4 is 10.6 Å². The Morgan fingerprint density at radius 2 is 2.11 bits per heavy atom. The molecular formula is C20H29IN6O. The summed E-state index contributed by atoms with van der Waals surface area (Å²) in [6.07, 6.45) is 6.78. The molecule has 2 heterocycles. The normalized spacial score (nSPS) is 19.6. The molecule has 1 aromatic heterocycles. The minimum atomic E-state index is -0.117. The summed E-state index contributed by atoms with van der Waals surface area (Å²) >= 11 is 0. The maximum Gasteiger partial charge on any atom is 0.246 e. The van der Waals surface area contributed by atoms with Crippen molar-refractivity contribution in [2.45, 2.75) is 26.3 Å². The van der Waals surface area contributed by atoms with Crippen LogP contribution in [0.5, 0.6) is 0 Å². The average Bonchev–Trinajstić information content (AvgIpc) is 3.21. The molecule has 0 bridgehead atoms. The summed E-state index contributed by atoms with van der Waals surface area (Å²) in [5.74, 6) is 1.24. The second-order valence-corrected chi connectivity index (χ2v) is 6.87. The topological polar surface area (TPSA) is 74.6 Å². The van der Waals surface area contributed by atoms with Crippen LogP contribution in [0.2, 0.25) is 0 Å². The van der Waals surface area contributed by atoms with E-state index in [0.717, 1.165) is 37.7 Å². The number of likely N-dealkylation sites (tertiary alicyclic amines) is 1. The fraction of sp³-hybridized carbons (Fsp3) is 0.450. The van der Waals surface area contributed by atoms with E-state index >= 15 is 0 Å². The molecular weight excluding hydrogens is 467 g/mol. The first-order chi connectivity index (χ1) is 13.2. The number of amides is 1. The minimum Gasteiger partial charge on any atom is -0.357 e. The second-order valence-electron chi connectivity index (χ2n) is 6.87. The number of hydrogen-bond donors (Lipinski definition) is 2. The lowest BCUT2D eigenvalue weighted by Gasteiger charge is -2.39. The summed E-state index contributed by atoms with van der Waals surface area (Å²) < 4.78 is 2.17. The minimum absolute atomic E-state index is 0. The number of nitrogens with zero attached hydrogens (tertiary/aromatic N) is 4. The van der Waals surface area contributed by atoms with E-state index in [0.29, 0.717) is 12.0 Å². The first kappa shape index (κ1) is 22.2. The lowest BCUT2D eigenvalue weighted by molar-refractivity contribution is -0.114. The molecule has 2 N–H and O–H groups in total. The molecule has 8 heteroatoms. The van der Waals surface area contributed by atoms with Gasteiger partial charge in [-0.25, -0.2) is 9.98 Å². The quantitative estimate of drug-likeness (QED) is 0.379. The van der Waals surface area contributed by atoms with E-state index in [-0.39, 0.29) is 36.4 Å². The maximum atomic E-state index is 12.2.